The lowest BCUT2D eigenvalue weighted by Crippen LogP contribution is -2.38. The van der Waals surface area contributed by atoms with Crippen LogP contribution in [0.2, 0.25) is 0 Å². The van der Waals surface area contributed by atoms with E-state index >= 15 is 0 Å². The number of fused-ring (bicyclic) bond motifs is 1. The summed E-state index contributed by atoms with van der Waals surface area (Å²) in [6, 6.07) is 0. The van der Waals surface area contributed by atoms with Gasteiger partial charge in [-0.2, -0.15) is 0 Å². The quantitative estimate of drug-likeness (QED) is 0.544. The lowest BCUT2D eigenvalue weighted by molar-refractivity contribution is -0.152. The standard InChI is InChI=1S/C12H18O5/c1-8(13)15-6-12(7-16-9(2)14)4-3-10-11(5-12)17-10/h10-11H,3-7H2,1-2H3/t10-,11-/m1/s1. The van der Waals surface area contributed by atoms with E-state index in [0.717, 1.165) is 19.3 Å². The first-order valence-corrected chi connectivity index (χ1v) is 5.93. The summed E-state index contributed by atoms with van der Waals surface area (Å²) in [5.74, 6) is -0.600. The molecule has 0 bridgehead atoms. The summed E-state index contributed by atoms with van der Waals surface area (Å²) in [6.45, 7) is 3.39. The Labute approximate surface area is 100 Å². The first-order chi connectivity index (χ1) is 8.01. The monoisotopic (exact) mass is 242 g/mol. The van der Waals surface area contributed by atoms with Gasteiger partial charge in [-0.1, -0.05) is 0 Å². The second-order valence-electron chi connectivity index (χ2n) is 5.02. The van der Waals surface area contributed by atoms with Gasteiger partial charge in [-0.25, -0.2) is 0 Å². The van der Waals surface area contributed by atoms with Crippen molar-refractivity contribution in [1.29, 1.82) is 0 Å². The topological polar surface area (TPSA) is 65.1 Å². The Bertz CT molecular complexity index is 307. The molecule has 0 aromatic rings. The Balaban J connectivity index is 1.94. The maximum atomic E-state index is 10.9. The van der Waals surface area contributed by atoms with E-state index in [2.05, 4.69) is 0 Å². The fraction of sp³-hybridized carbons (Fsp3) is 0.833. The molecule has 1 aliphatic heterocycles. The summed E-state index contributed by atoms with van der Waals surface area (Å²) in [6.07, 6.45) is 3.26. The summed E-state index contributed by atoms with van der Waals surface area (Å²) >= 11 is 0. The van der Waals surface area contributed by atoms with E-state index in [1.54, 1.807) is 0 Å². The maximum absolute atomic E-state index is 10.9. The Hall–Kier alpha value is -1.10. The van der Waals surface area contributed by atoms with Crippen molar-refractivity contribution < 1.29 is 23.8 Å². The molecule has 1 saturated carbocycles. The van der Waals surface area contributed by atoms with Crippen molar-refractivity contribution in [3.63, 3.8) is 0 Å². The smallest absolute Gasteiger partial charge is 0.302 e. The van der Waals surface area contributed by atoms with Crippen LogP contribution in [0, 0.1) is 5.41 Å². The second-order valence-corrected chi connectivity index (χ2v) is 5.02. The number of hydrogen-bond acceptors (Lipinski definition) is 5. The van der Waals surface area contributed by atoms with Gasteiger partial charge in [-0.05, 0) is 19.3 Å². The number of carbonyl (C=O) groups is 2. The largest absolute Gasteiger partial charge is 0.465 e. The van der Waals surface area contributed by atoms with Gasteiger partial charge in [0.2, 0.25) is 0 Å². The molecule has 2 aliphatic rings. The molecule has 2 fully saturated rings. The predicted octanol–water partition coefficient (Wildman–Crippen LogP) is 1.05. The molecule has 0 aromatic carbocycles. The van der Waals surface area contributed by atoms with Gasteiger partial charge in [0.05, 0.1) is 12.2 Å². The highest BCUT2D eigenvalue weighted by Crippen LogP contribution is 2.46. The lowest BCUT2D eigenvalue weighted by atomic mass is 9.75. The van der Waals surface area contributed by atoms with Crippen LogP contribution < -0.4 is 0 Å². The predicted molar refractivity (Wildman–Crippen MR) is 58.2 cm³/mol. The summed E-state index contributed by atoms with van der Waals surface area (Å²) in [5.41, 5.74) is -0.255. The van der Waals surface area contributed by atoms with Crippen molar-refractivity contribution >= 4 is 11.9 Å². The number of epoxide rings is 1. The van der Waals surface area contributed by atoms with Crippen molar-refractivity contribution in [3.8, 4) is 0 Å². The lowest BCUT2D eigenvalue weighted by Gasteiger charge is -2.34. The van der Waals surface area contributed by atoms with Crippen LogP contribution in [0.25, 0.3) is 0 Å². The van der Waals surface area contributed by atoms with Crippen molar-refractivity contribution in [2.75, 3.05) is 13.2 Å². The molecule has 1 aliphatic carbocycles. The van der Waals surface area contributed by atoms with Crippen LogP contribution in [0.15, 0.2) is 0 Å². The average molecular weight is 242 g/mol. The molecule has 2 rings (SSSR count). The van der Waals surface area contributed by atoms with Crippen LogP contribution in [0.3, 0.4) is 0 Å². The van der Waals surface area contributed by atoms with Gasteiger partial charge in [-0.15, -0.1) is 0 Å². The third-order valence-corrected chi connectivity index (χ3v) is 3.44. The first kappa shape index (κ1) is 12.4. The Morgan fingerprint density at radius 2 is 1.76 bits per heavy atom. The summed E-state index contributed by atoms with van der Waals surface area (Å²) in [4.78, 5) is 21.8. The minimum atomic E-state index is -0.300. The summed E-state index contributed by atoms with van der Waals surface area (Å²) in [5, 5.41) is 0. The molecule has 0 radical (unpaired) electrons. The molecule has 5 heteroatoms. The van der Waals surface area contributed by atoms with Gasteiger partial charge in [-0.3, -0.25) is 9.59 Å². The normalized spacial score (nSPS) is 29.1. The van der Waals surface area contributed by atoms with Crippen LogP contribution in [0.5, 0.6) is 0 Å². The number of rotatable bonds is 4. The highest BCUT2D eigenvalue weighted by molar-refractivity contribution is 5.66. The Morgan fingerprint density at radius 1 is 1.18 bits per heavy atom. The van der Waals surface area contributed by atoms with E-state index in [0.29, 0.717) is 19.3 Å². The minimum Gasteiger partial charge on any atom is -0.465 e. The highest BCUT2D eigenvalue weighted by atomic mass is 16.6. The second kappa shape index (κ2) is 4.64. The molecular formula is C12H18O5. The molecule has 0 spiro atoms. The van der Waals surface area contributed by atoms with Crippen LogP contribution in [-0.2, 0) is 23.8 Å². The summed E-state index contributed by atoms with van der Waals surface area (Å²) in [7, 11) is 0. The van der Waals surface area contributed by atoms with Crippen LogP contribution in [0.4, 0.5) is 0 Å². The molecular weight excluding hydrogens is 224 g/mol. The summed E-state index contributed by atoms with van der Waals surface area (Å²) < 4.78 is 15.7. The molecule has 0 N–H and O–H groups in total. The van der Waals surface area contributed by atoms with Crippen LogP contribution in [-0.4, -0.2) is 37.4 Å². The van der Waals surface area contributed by atoms with Gasteiger partial charge < -0.3 is 14.2 Å². The molecule has 5 nitrogen and oxygen atoms in total. The Morgan fingerprint density at radius 3 is 2.24 bits per heavy atom. The SMILES string of the molecule is CC(=O)OCC1(COC(C)=O)CC[C@H]2O[C@@H]2C1. The molecule has 96 valence electrons. The third-order valence-electron chi connectivity index (χ3n) is 3.44. The van der Waals surface area contributed by atoms with Gasteiger partial charge in [0, 0.05) is 19.3 Å². The fourth-order valence-electron chi connectivity index (χ4n) is 2.40. The zero-order valence-corrected chi connectivity index (χ0v) is 10.2. The van der Waals surface area contributed by atoms with E-state index in [1.807, 2.05) is 0 Å². The van der Waals surface area contributed by atoms with Gasteiger partial charge >= 0.3 is 11.9 Å². The van der Waals surface area contributed by atoms with Gasteiger partial charge in [0.25, 0.3) is 0 Å². The number of hydrogen-bond donors (Lipinski definition) is 0. The van der Waals surface area contributed by atoms with Crippen molar-refractivity contribution in [2.45, 2.75) is 45.3 Å². The molecule has 0 aromatic heterocycles. The zero-order valence-electron chi connectivity index (χ0n) is 10.2. The maximum Gasteiger partial charge on any atom is 0.302 e. The van der Waals surface area contributed by atoms with Gasteiger partial charge in [0.15, 0.2) is 0 Å². The van der Waals surface area contributed by atoms with E-state index in [4.69, 9.17) is 14.2 Å². The van der Waals surface area contributed by atoms with Gasteiger partial charge in [0.1, 0.15) is 13.2 Å². The van der Waals surface area contributed by atoms with Crippen molar-refractivity contribution in [2.24, 2.45) is 5.41 Å². The minimum absolute atomic E-state index is 0.255. The van der Waals surface area contributed by atoms with E-state index in [1.165, 1.54) is 13.8 Å². The molecule has 0 amide bonds. The molecule has 1 heterocycles. The average Bonchev–Trinajstić information content (AvgIpc) is 3.02. The fourth-order valence-corrected chi connectivity index (χ4v) is 2.40. The highest BCUT2D eigenvalue weighted by Gasteiger charge is 2.51. The van der Waals surface area contributed by atoms with E-state index in [9.17, 15) is 9.59 Å². The van der Waals surface area contributed by atoms with Crippen LogP contribution >= 0.6 is 0 Å². The number of ether oxygens (including phenoxy) is 3. The van der Waals surface area contributed by atoms with Crippen molar-refractivity contribution in [1.82, 2.24) is 0 Å². The van der Waals surface area contributed by atoms with E-state index < -0.39 is 0 Å². The number of esters is 2. The van der Waals surface area contributed by atoms with Crippen molar-refractivity contribution in [3.05, 3.63) is 0 Å². The molecule has 2 atom stereocenters. The third kappa shape index (κ3) is 3.19. The number of carbonyl (C=O) groups excluding carboxylic acids is 2. The first-order valence-electron chi connectivity index (χ1n) is 5.93. The molecule has 17 heavy (non-hydrogen) atoms. The Kier molecular flexibility index (Phi) is 3.38. The van der Waals surface area contributed by atoms with Crippen LogP contribution in [0.1, 0.15) is 33.1 Å². The van der Waals surface area contributed by atoms with E-state index in [-0.39, 0.29) is 23.5 Å². The molecule has 1 saturated heterocycles. The molecule has 0 unspecified atom stereocenters. The zero-order chi connectivity index (χ0) is 12.5.